The van der Waals surface area contributed by atoms with E-state index < -0.39 is 5.97 Å². The zero-order valence-corrected chi connectivity index (χ0v) is 11.4. The van der Waals surface area contributed by atoms with Crippen LogP contribution in [0.2, 0.25) is 0 Å². The molecule has 1 aliphatic rings. The Morgan fingerprint density at radius 1 is 1.63 bits per heavy atom. The summed E-state index contributed by atoms with van der Waals surface area (Å²) >= 11 is 0. The molecule has 0 saturated heterocycles. The molecule has 0 radical (unpaired) electrons. The van der Waals surface area contributed by atoms with E-state index in [1.165, 1.54) is 19.0 Å². The number of ether oxygens (including phenoxy) is 1. The second-order valence-electron chi connectivity index (χ2n) is 4.96. The maximum absolute atomic E-state index is 11.3. The molecule has 1 atom stereocenters. The first kappa shape index (κ1) is 13.8. The summed E-state index contributed by atoms with van der Waals surface area (Å²) in [7, 11) is 1.65. The van der Waals surface area contributed by atoms with Crippen LogP contribution in [-0.2, 0) is 4.74 Å². The van der Waals surface area contributed by atoms with E-state index >= 15 is 0 Å². The summed E-state index contributed by atoms with van der Waals surface area (Å²) < 4.78 is 5.13. The van der Waals surface area contributed by atoms with Crippen molar-refractivity contribution in [1.29, 1.82) is 0 Å². The number of methoxy groups -OCH3 is 1. The third kappa shape index (κ3) is 3.23. The van der Waals surface area contributed by atoms with Crippen molar-refractivity contribution in [1.82, 2.24) is 4.98 Å². The summed E-state index contributed by atoms with van der Waals surface area (Å²) in [5, 5.41) is 9.29. The summed E-state index contributed by atoms with van der Waals surface area (Å²) in [6, 6.07) is 1.87. The fraction of sp³-hybridized carbons (Fsp3) is 0.571. The van der Waals surface area contributed by atoms with Gasteiger partial charge in [-0.3, -0.25) is 4.98 Å². The van der Waals surface area contributed by atoms with Crippen molar-refractivity contribution >= 4 is 11.7 Å². The number of carboxylic acid groups (broad SMARTS) is 1. The molecule has 104 valence electrons. The highest BCUT2D eigenvalue weighted by molar-refractivity contribution is 5.94. The van der Waals surface area contributed by atoms with Gasteiger partial charge >= 0.3 is 5.97 Å². The first-order valence-corrected chi connectivity index (χ1v) is 6.58. The van der Waals surface area contributed by atoms with Gasteiger partial charge in [-0.2, -0.15) is 0 Å². The SMILES string of the molecule is COCCN(c1cnccc1C(=O)O)C(C)C1CC1. The molecule has 2 rings (SSSR count). The fourth-order valence-electron chi connectivity index (χ4n) is 2.36. The molecule has 1 aliphatic carbocycles. The maximum Gasteiger partial charge on any atom is 0.337 e. The Hall–Kier alpha value is -1.62. The smallest absolute Gasteiger partial charge is 0.337 e. The number of hydrogen-bond acceptors (Lipinski definition) is 4. The highest BCUT2D eigenvalue weighted by Crippen LogP contribution is 2.37. The minimum atomic E-state index is -0.914. The fourth-order valence-corrected chi connectivity index (χ4v) is 2.36. The lowest BCUT2D eigenvalue weighted by molar-refractivity contribution is 0.0697. The van der Waals surface area contributed by atoms with Crippen molar-refractivity contribution in [2.75, 3.05) is 25.2 Å². The minimum absolute atomic E-state index is 0.304. The minimum Gasteiger partial charge on any atom is -0.478 e. The molecule has 0 amide bonds. The van der Waals surface area contributed by atoms with Gasteiger partial charge in [-0.1, -0.05) is 0 Å². The molecular formula is C14H20N2O3. The van der Waals surface area contributed by atoms with Crippen LogP contribution < -0.4 is 4.90 Å². The molecule has 1 heterocycles. The molecule has 0 spiro atoms. The molecule has 0 aromatic carbocycles. The van der Waals surface area contributed by atoms with Crippen molar-refractivity contribution in [3.05, 3.63) is 24.0 Å². The molecule has 0 bridgehead atoms. The Morgan fingerprint density at radius 2 is 2.37 bits per heavy atom. The monoisotopic (exact) mass is 264 g/mol. The molecule has 1 aromatic heterocycles. The number of hydrogen-bond donors (Lipinski definition) is 1. The van der Waals surface area contributed by atoms with Gasteiger partial charge < -0.3 is 14.7 Å². The van der Waals surface area contributed by atoms with E-state index in [1.807, 2.05) is 0 Å². The number of nitrogens with zero attached hydrogens (tertiary/aromatic N) is 2. The van der Waals surface area contributed by atoms with E-state index in [9.17, 15) is 9.90 Å². The maximum atomic E-state index is 11.3. The summed E-state index contributed by atoms with van der Waals surface area (Å²) in [5.74, 6) is -0.262. The van der Waals surface area contributed by atoms with Gasteiger partial charge in [-0.05, 0) is 31.7 Å². The zero-order valence-electron chi connectivity index (χ0n) is 11.4. The standard InChI is InChI=1S/C14H20N2O3/c1-10(11-3-4-11)16(7-8-19-2)13-9-15-6-5-12(13)14(17)18/h5-6,9-11H,3-4,7-8H2,1-2H3,(H,17,18). The lowest BCUT2D eigenvalue weighted by Gasteiger charge is -2.32. The Balaban J connectivity index is 2.28. The summed E-state index contributed by atoms with van der Waals surface area (Å²) in [5.41, 5.74) is 0.991. The molecule has 1 fully saturated rings. The first-order valence-electron chi connectivity index (χ1n) is 6.58. The number of anilines is 1. The number of aromatic nitrogens is 1. The van der Waals surface area contributed by atoms with Crippen LogP contribution in [0.25, 0.3) is 0 Å². The quantitative estimate of drug-likeness (QED) is 0.816. The van der Waals surface area contributed by atoms with Crippen molar-refractivity contribution < 1.29 is 14.6 Å². The average molecular weight is 264 g/mol. The van der Waals surface area contributed by atoms with Gasteiger partial charge in [0.2, 0.25) is 0 Å². The molecule has 19 heavy (non-hydrogen) atoms. The molecule has 1 N–H and O–H groups in total. The van der Waals surface area contributed by atoms with Crippen LogP contribution in [0.4, 0.5) is 5.69 Å². The molecule has 1 aromatic rings. The number of pyridine rings is 1. The molecular weight excluding hydrogens is 244 g/mol. The van der Waals surface area contributed by atoms with Gasteiger partial charge in [0, 0.05) is 25.9 Å². The van der Waals surface area contributed by atoms with Crippen LogP contribution in [0, 0.1) is 5.92 Å². The second kappa shape index (κ2) is 6.02. The van der Waals surface area contributed by atoms with Crippen LogP contribution in [0.3, 0.4) is 0 Å². The van der Waals surface area contributed by atoms with Crippen LogP contribution >= 0.6 is 0 Å². The average Bonchev–Trinajstić information content (AvgIpc) is 3.23. The number of aromatic carboxylic acids is 1. The number of carboxylic acids is 1. The van der Waals surface area contributed by atoms with E-state index in [0.29, 0.717) is 36.4 Å². The van der Waals surface area contributed by atoms with E-state index in [2.05, 4.69) is 16.8 Å². The largest absolute Gasteiger partial charge is 0.478 e. The van der Waals surface area contributed by atoms with E-state index in [-0.39, 0.29) is 0 Å². The van der Waals surface area contributed by atoms with Crippen molar-refractivity contribution in [3.63, 3.8) is 0 Å². The van der Waals surface area contributed by atoms with E-state index in [0.717, 1.165) is 0 Å². The van der Waals surface area contributed by atoms with E-state index in [1.54, 1.807) is 19.4 Å². The van der Waals surface area contributed by atoms with Gasteiger partial charge in [-0.15, -0.1) is 0 Å². The van der Waals surface area contributed by atoms with Gasteiger partial charge in [0.1, 0.15) is 0 Å². The molecule has 5 nitrogen and oxygen atoms in total. The highest BCUT2D eigenvalue weighted by Gasteiger charge is 2.33. The predicted molar refractivity (Wildman–Crippen MR) is 72.6 cm³/mol. The van der Waals surface area contributed by atoms with Gasteiger partial charge in [0.25, 0.3) is 0 Å². The normalized spacial score (nSPS) is 16.1. The third-order valence-electron chi connectivity index (χ3n) is 3.67. The van der Waals surface area contributed by atoms with Gasteiger partial charge in [0.05, 0.1) is 24.1 Å². The Bertz CT molecular complexity index is 446. The number of rotatable bonds is 7. The van der Waals surface area contributed by atoms with E-state index in [4.69, 9.17) is 4.74 Å². The number of carbonyl (C=O) groups is 1. The molecule has 0 aliphatic heterocycles. The van der Waals surface area contributed by atoms with Crippen LogP contribution in [0.1, 0.15) is 30.1 Å². The van der Waals surface area contributed by atoms with Crippen molar-refractivity contribution in [3.8, 4) is 0 Å². The Morgan fingerprint density at radius 3 is 2.95 bits per heavy atom. The lowest BCUT2D eigenvalue weighted by Crippen LogP contribution is -2.38. The second-order valence-corrected chi connectivity index (χ2v) is 4.96. The summed E-state index contributed by atoms with van der Waals surface area (Å²) in [6.45, 7) is 3.40. The van der Waals surface area contributed by atoms with Crippen molar-refractivity contribution in [2.24, 2.45) is 5.92 Å². The topological polar surface area (TPSA) is 62.7 Å². The summed E-state index contributed by atoms with van der Waals surface area (Å²) in [4.78, 5) is 17.5. The molecule has 5 heteroatoms. The van der Waals surface area contributed by atoms with Crippen LogP contribution in [0.15, 0.2) is 18.5 Å². The summed E-state index contributed by atoms with van der Waals surface area (Å²) in [6.07, 6.45) is 5.59. The van der Waals surface area contributed by atoms with Gasteiger partial charge in [0.15, 0.2) is 0 Å². The van der Waals surface area contributed by atoms with Crippen molar-refractivity contribution in [2.45, 2.75) is 25.8 Å². The van der Waals surface area contributed by atoms with Gasteiger partial charge in [-0.25, -0.2) is 4.79 Å². The van der Waals surface area contributed by atoms with Crippen LogP contribution in [0.5, 0.6) is 0 Å². The predicted octanol–water partition coefficient (Wildman–Crippen LogP) is 2.03. The Kier molecular flexibility index (Phi) is 4.37. The third-order valence-corrected chi connectivity index (χ3v) is 3.67. The van der Waals surface area contributed by atoms with Crippen LogP contribution in [-0.4, -0.2) is 42.4 Å². The Labute approximate surface area is 113 Å². The zero-order chi connectivity index (χ0) is 13.8. The lowest BCUT2D eigenvalue weighted by atomic mass is 10.1. The highest BCUT2D eigenvalue weighted by atomic mass is 16.5. The molecule has 1 saturated carbocycles. The first-order chi connectivity index (χ1) is 9.15. The molecule has 1 unspecified atom stereocenters.